The monoisotopic (exact) mass is 527 g/mol. The van der Waals surface area contributed by atoms with Crippen molar-refractivity contribution in [3.8, 4) is 17.2 Å². The van der Waals surface area contributed by atoms with Gasteiger partial charge in [0.1, 0.15) is 17.6 Å². The highest BCUT2D eigenvalue weighted by Crippen LogP contribution is 2.43. The number of nitrogens with zero attached hydrogens (tertiary/aromatic N) is 1. The summed E-state index contributed by atoms with van der Waals surface area (Å²) in [7, 11) is 1.56. The Morgan fingerprint density at radius 1 is 1.05 bits per heavy atom. The summed E-state index contributed by atoms with van der Waals surface area (Å²) in [5, 5.41) is 11.5. The molecule has 5 rings (SSSR count). The predicted molar refractivity (Wildman–Crippen MR) is 148 cm³/mol. The number of hydrogen-bond acceptors (Lipinski definition) is 6. The summed E-state index contributed by atoms with van der Waals surface area (Å²) in [5.41, 5.74) is 2.99. The number of benzene rings is 3. The maximum atomic E-state index is 13.5. The number of rotatable bonds is 9. The molecule has 39 heavy (non-hydrogen) atoms. The minimum Gasteiger partial charge on any atom is -0.507 e. The van der Waals surface area contributed by atoms with E-state index in [-0.39, 0.29) is 24.0 Å². The fraction of sp³-hybridized carbons (Fsp3) is 0.312. The molecule has 7 heteroatoms. The number of methoxy groups -OCH3 is 1. The molecule has 202 valence electrons. The number of likely N-dealkylation sites (tertiary alicyclic amines) is 1. The number of aliphatic hydroxyl groups excluding tert-OH is 1. The highest BCUT2D eigenvalue weighted by atomic mass is 16.5. The van der Waals surface area contributed by atoms with Crippen molar-refractivity contribution in [1.29, 1.82) is 0 Å². The quantitative estimate of drug-likeness (QED) is 0.163. The molecule has 2 atom stereocenters. The smallest absolute Gasteiger partial charge is 0.295 e. The molecule has 2 heterocycles. The number of ketones is 1. The van der Waals surface area contributed by atoms with Crippen molar-refractivity contribution in [2.45, 2.75) is 51.8 Å². The Morgan fingerprint density at radius 2 is 1.85 bits per heavy atom. The molecule has 3 aromatic rings. The van der Waals surface area contributed by atoms with Crippen LogP contribution in [0.4, 0.5) is 0 Å². The van der Waals surface area contributed by atoms with Gasteiger partial charge < -0.3 is 24.2 Å². The molecular weight excluding hydrogens is 494 g/mol. The lowest BCUT2D eigenvalue weighted by atomic mass is 9.94. The summed E-state index contributed by atoms with van der Waals surface area (Å²) in [4.78, 5) is 28.4. The van der Waals surface area contributed by atoms with Gasteiger partial charge in [0.05, 0.1) is 25.3 Å². The molecule has 2 aliphatic heterocycles. The lowest BCUT2D eigenvalue weighted by Gasteiger charge is -2.26. The number of unbranched alkanes of at least 4 members (excludes halogenated alkanes) is 1. The van der Waals surface area contributed by atoms with Crippen LogP contribution in [0.25, 0.3) is 5.76 Å². The van der Waals surface area contributed by atoms with Crippen molar-refractivity contribution >= 4 is 17.4 Å². The van der Waals surface area contributed by atoms with E-state index in [2.05, 4.69) is 6.92 Å². The standard InChI is InChI=1S/C32H33NO6/c1-4-5-15-38-26-14-11-22(18-27(26)37-3)29-28(30(34)23-12-13-25-24(17-23)16-20(2)39-25)31(35)32(36)33(29)19-21-9-7-6-8-10-21/h6-14,17-18,20,29,34H,4-5,15-16,19H2,1-3H3/t20-,29+/m1/s1. The third-order valence-electron chi connectivity index (χ3n) is 7.16. The second-order valence-electron chi connectivity index (χ2n) is 9.98. The molecule has 0 saturated carbocycles. The van der Waals surface area contributed by atoms with Gasteiger partial charge in [-0.3, -0.25) is 9.59 Å². The van der Waals surface area contributed by atoms with E-state index in [0.717, 1.165) is 29.7 Å². The van der Waals surface area contributed by atoms with Crippen LogP contribution < -0.4 is 14.2 Å². The highest BCUT2D eigenvalue weighted by molar-refractivity contribution is 6.46. The van der Waals surface area contributed by atoms with Gasteiger partial charge in [-0.15, -0.1) is 0 Å². The van der Waals surface area contributed by atoms with Crippen LogP contribution in [-0.4, -0.2) is 41.5 Å². The summed E-state index contributed by atoms with van der Waals surface area (Å²) in [6.45, 7) is 4.84. The minimum absolute atomic E-state index is 0.0411. The average Bonchev–Trinajstić information content (AvgIpc) is 3.44. The molecule has 1 fully saturated rings. The maximum Gasteiger partial charge on any atom is 0.295 e. The fourth-order valence-electron chi connectivity index (χ4n) is 5.19. The summed E-state index contributed by atoms with van der Waals surface area (Å²) in [6, 6.07) is 19.4. The molecule has 7 nitrogen and oxygen atoms in total. The zero-order valence-corrected chi connectivity index (χ0v) is 22.5. The van der Waals surface area contributed by atoms with E-state index in [4.69, 9.17) is 14.2 Å². The second-order valence-corrected chi connectivity index (χ2v) is 9.98. The molecular formula is C32H33NO6. The molecule has 1 amide bonds. The molecule has 0 aromatic heterocycles. The van der Waals surface area contributed by atoms with Gasteiger partial charge in [0.15, 0.2) is 11.5 Å². The first kappa shape index (κ1) is 26.4. The van der Waals surface area contributed by atoms with Gasteiger partial charge in [-0.2, -0.15) is 0 Å². The third kappa shape index (κ3) is 5.21. The summed E-state index contributed by atoms with van der Waals surface area (Å²) >= 11 is 0. The number of ether oxygens (including phenoxy) is 3. The molecule has 0 radical (unpaired) electrons. The number of carbonyl (C=O) groups excluding carboxylic acids is 2. The van der Waals surface area contributed by atoms with E-state index < -0.39 is 17.7 Å². The zero-order valence-electron chi connectivity index (χ0n) is 22.5. The van der Waals surface area contributed by atoms with Crippen LogP contribution in [0.3, 0.4) is 0 Å². The molecule has 1 saturated heterocycles. The Balaban J connectivity index is 1.60. The molecule has 0 aliphatic carbocycles. The number of Topliss-reactive ketones (excluding diaryl/α,β-unsaturated/α-hetero) is 1. The summed E-state index contributed by atoms with van der Waals surface area (Å²) < 4.78 is 17.3. The molecule has 2 aliphatic rings. The van der Waals surface area contributed by atoms with Crippen LogP contribution >= 0.6 is 0 Å². The van der Waals surface area contributed by atoms with Crippen LogP contribution in [0.15, 0.2) is 72.3 Å². The van der Waals surface area contributed by atoms with Gasteiger partial charge in [-0.1, -0.05) is 49.7 Å². The van der Waals surface area contributed by atoms with Crippen LogP contribution in [0.5, 0.6) is 17.2 Å². The van der Waals surface area contributed by atoms with Crippen molar-refractivity contribution < 1.29 is 28.9 Å². The van der Waals surface area contributed by atoms with E-state index >= 15 is 0 Å². The van der Waals surface area contributed by atoms with Crippen LogP contribution in [0.2, 0.25) is 0 Å². The summed E-state index contributed by atoms with van der Waals surface area (Å²) in [5.74, 6) is 0.258. The van der Waals surface area contributed by atoms with E-state index in [0.29, 0.717) is 35.7 Å². The number of aliphatic hydroxyl groups is 1. The fourth-order valence-corrected chi connectivity index (χ4v) is 5.19. The zero-order chi connectivity index (χ0) is 27.5. The predicted octanol–water partition coefficient (Wildman–Crippen LogP) is 5.82. The average molecular weight is 528 g/mol. The largest absolute Gasteiger partial charge is 0.507 e. The minimum atomic E-state index is -0.813. The Bertz CT molecular complexity index is 1410. The van der Waals surface area contributed by atoms with Gasteiger partial charge >= 0.3 is 0 Å². The first-order chi connectivity index (χ1) is 18.9. The van der Waals surface area contributed by atoms with Crippen molar-refractivity contribution in [3.63, 3.8) is 0 Å². The van der Waals surface area contributed by atoms with Gasteiger partial charge in [-0.25, -0.2) is 0 Å². The first-order valence-corrected chi connectivity index (χ1v) is 13.3. The van der Waals surface area contributed by atoms with Crippen LogP contribution in [0.1, 0.15) is 55.0 Å². The van der Waals surface area contributed by atoms with Crippen molar-refractivity contribution in [1.82, 2.24) is 4.90 Å². The van der Waals surface area contributed by atoms with Gasteiger partial charge in [0, 0.05) is 18.5 Å². The van der Waals surface area contributed by atoms with Crippen molar-refractivity contribution in [2.24, 2.45) is 0 Å². The third-order valence-corrected chi connectivity index (χ3v) is 7.16. The molecule has 0 bridgehead atoms. The number of hydrogen-bond donors (Lipinski definition) is 1. The molecule has 0 unspecified atom stereocenters. The Morgan fingerprint density at radius 3 is 2.59 bits per heavy atom. The topological polar surface area (TPSA) is 85.3 Å². The lowest BCUT2D eigenvalue weighted by molar-refractivity contribution is -0.140. The van der Waals surface area contributed by atoms with E-state index in [1.165, 1.54) is 4.90 Å². The van der Waals surface area contributed by atoms with Gasteiger partial charge in [-0.05, 0) is 60.4 Å². The maximum absolute atomic E-state index is 13.5. The van der Waals surface area contributed by atoms with Gasteiger partial charge in [0.25, 0.3) is 11.7 Å². The SMILES string of the molecule is CCCCOc1ccc([C@H]2C(=C(O)c3ccc4c(c3)C[C@@H](C)O4)C(=O)C(=O)N2Cc2ccccc2)cc1OC. The van der Waals surface area contributed by atoms with E-state index in [1.54, 1.807) is 31.4 Å². The highest BCUT2D eigenvalue weighted by Gasteiger charge is 2.46. The second kappa shape index (κ2) is 11.2. The van der Waals surface area contributed by atoms with Crippen molar-refractivity contribution in [2.75, 3.05) is 13.7 Å². The Labute approximate surface area is 228 Å². The van der Waals surface area contributed by atoms with E-state index in [1.807, 2.05) is 49.4 Å². The van der Waals surface area contributed by atoms with E-state index in [9.17, 15) is 14.7 Å². The number of fused-ring (bicyclic) bond motifs is 1. The molecule has 0 spiro atoms. The number of amides is 1. The van der Waals surface area contributed by atoms with Crippen LogP contribution in [0, 0.1) is 0 Å². The van der Waals surface area contributed by atoms with Gasteiger partial charge in [0.2, 0.25) is 0 Å². The molecule has 3 aromatic carbocycles. The number of carbonyl (C=O) groups is 2. The Kier molecular flexibility index (Phi) is 7.59. The molecule has 1 N–H and O–H groups in total. The summed E-state index contributed by atoms with van der Waals surface area (Å²) in [6.07, 6.45) is 2.66. The lowest BCUT2D eigenvalue weighted by Crippen LogP contribution is -2.29. The van der Waals surface area contributed by atoms with Crippen LogP contribution in [-0.2, 0) is 22.6 Å². The first-order valence-electron chi connectivity index (χ1n) is 13.3. The van der Waals surface area contributed by atoms with Crippen molar-refractivity contribution in [3.05, 3.63) is 94.6 Å². The normalized spacial score (nSPS) is 19.6. The Hall–Kier alpha value is -4.26.